The molecule has 0 radical (unpaired) electrons. The number of benzene rings is 2. The van der Waals surface area contributed by atoms with Gasteiger partial charge in [0.15, 0.2) is 0 Å². The fourth-order valence-corrected chi connectivity index (χ4v) is 2.36. The number of rotatable bonds is 2. The molecule has 20 heavy (non-hydrogen) atoms. The maximum absolute atomic E-state index is 8.93. The Morgan fingerprint density at radius 1 is 1.10 bits per heavy atom. The lowest BCUT2D eigenvalue weighted by Gasteiger charge is -2.05. The minimum atomic E-state index is -0.0673. The lowest BCUT2D eigenvalue weighted by atomic mass is 9.98. The van der Waals surface area contributed by atoms with Crippen molar-refractivity contribution in [2.24, 2.45) is 7.05 Å². The summed E-state index contributed by atoms with van der Waals surface area (Å²) in [5.41, 5.74) is 4.34. The summed E-state index contributed by atoms with van der Waals surface area (Å²) >= 11 is 0. The van der Waals surface area contributed by atoms with Gasteiger partial charge < -0.3 is 0 Å². The number of nitriles is 1. The van der Waals surface area contributed by atoms with E-state index in [0.717, 1.165) is 27.6 Å². The monoisotopic (exact) mass is 261 g/mol. The number of aromatic nitrogens is 2. The third kappa shape index (κ3) is 2.17. The average Bonchev–Trinajstić information content (AvgIpc) is 2.85. The van der Waals surface area contributed by atoms with E-state index < -0.39 is 0 Å². The Bertz CT molecular complexity index is 791. The highest BCUT2D eigenvalue weighted by Gasteiger charge is 2.05. The molecule has 0 aliphatic rings. The van der Waals surface area contributed by atoms with Crippen LogP contribution in [0.15, 0.2) is 48.7 Å². The minimum Gasteiger partial charge on any atom is -0.275 e. The highest BCUT2D eigenvalue weighted by Crippen LogP contribution is 2.25. The van der Waals surface area contributed by atoms with Crippen molar-refractivity contribution < 1.29 is 0 Å². The van der Waals surface area contributed by atoms with E-state index in [-0.39, 0.29) is 5.92 Å². The van der Waals surface area contributed by atoms with E-state index in [1.807, 2.05) is 37.0 Å². The van der Waals surface area contributed by atoms with Crippen molar-refractivity contribution in [2.75, 3.05) is 0 Å². The van der Waals surface area contributed by atoms with Gasteiger partial charge in [0.1, 0.15) is 0 Å². The summed E-state index contributed by atoms with van der Waals surface area (Å²) in [7, 11) is 1.93. The summed E-state index contributed by atoms with van der Waals surface area (Å²) in [6, 6.07) is 16.7. The van der Waals surface area contributed by atoms with Crippen LogP contribution >= 0.6 is 0 Å². The van der Waals surface area contributed by atoms with Crippen LogP contribution in [-0.4, -0.2) is 9.78 Å². The summed E-state index contributed by atoms with van der Waals surface area (Å²) in [5, 5.41) is 14.5. The Kier molecular flexibility index (Phi) is 3.00. The van der Waals surface area contributed by atoms with Crippen molar-refractivity contribution in [3.05, 3.63) is 54.2 Å². The van der Waals surface area contributed by atoms with Crippen molar-refractivity contribution in [3.8, 4) is 17.2 Å². The van der Waals surface area contributed by atoms with Gasteiger partial charge in [0.05, 0.1) is 17.5 Å². The summed E-state index contributed by atoms with van der Waals surface area (Å²) in [6.07, 6.45) is 2.01. The Labute approximate surface area is 118 Å². The van der Waals surface area contributed by atoms with Crippen molar-refractivity contribution in [1.29, 1.82) is 5.26 Å². The molecule has 1 heterocycles. The number of hydrogen-bond acceptors (Lipinski definition) is 2. The standard InChI is InChI=1S/C17H15N3/c1-12(10-18)13-3-5-14(6-4-13)15-7-8-16-11-20(2)19-17(16)9-15/h3-9,11-12H,1-2H3. The molecule has 0 N–H and O–H groups in total. The van der Waals surface area contributed by atoms with Crippen molar-refractivity contribution in [2.45, 2.75) is 12.8 Å². The largest absolute Gasteiger partial charge is 0.275 e. The second-order valence-corrected chi connectivity index (χ2v) is 5.05. The van der Waals surface area contributed by atoms with E-state index in [4.69, 9.17) is 5.26 Å². The summed E-state index contributed by atoms with van der Waals surface area (Å²) < 4.78 is 1.83. The molecule has 0 spiro atoms. The molecule has 0 fully saturated rings. The first kappa shape index (κ1) is 12.4. The van der Waals surface area contributed by atoms with Crippen LogP contribution in [0, 0.1) is 11.3 Å². The van der Waals surface area contributed by atoms with E-state index in [9.17, 15) is 0 Å². The summed E-state index contributed by atoms with van der Waals surface area (Å²) in [6.45, 7) is 1.91. The van der Waals surface area contributed by atoms with Crippen molar-refractivity contribution in [3.63, 3.8) is 0 Å². The first-order chi connectivity index (χ1) is 9.67. The molecule has 98 valence electrons. The normalized spacial score (nSPS) is 12.2. The van der Waals surface area contributed by atoms with Crippen LogP contribution in [0.1, 0.15) is 18.4 Å². The molecule has 0 aliphatic heterocycles. The van der Waals surface area contributed by atoms with E-state index in [1.165, 1.54) is 0 Å². The molecule has 0 amide bonds. The predicted octanol–water partition coefficient (Wildman–Crippen LogP) is 3.87. The molecule has 3 rings (SSSR count). The predicted molar refractivity (Wildman–Crippen MR) is 80.2 cm³/mol. The molecule has 3 nitrogen and oxygen atoms in total. The maximum atomic E-state index is 8.93. The van der Waals surface area contributed by atoms with Gasteiger partial charge >= 0.3 is 0 Å². The van der Waals surface area contributed by atoms with Gasteiger partial charge in [0.2, 0.25) is 0 Å². The summed E-state index contributed by atoms with van der Waals surface area (Å²) in [4.78, 5) is 0. The van der Waals surface area contributed by atoms with Gasteiger partial charge in [-0.25, -0.2) is 0 Å². The average molecular weight is 261 g/mol. The second-order valence-electron chi connectivity index (χ2n) is 5.05. The zero-order chi connectivity index (χ0) is 14.1. The van der Waals surface area contributed by atoms with Crippen molar-refractivity contribution >= 4 is 10.9 Å². The third-order valence-electron chi connectivity index (χ3n) is 3.56. The highest BCUT2D eigenvalue weighted by atomic mass is 15.2. The lowest BCUT2D eigenvalue weighted by Crippen LogP contribution is -1.89. The van der Waals surface area contributed by atoms with Gasteiger partial charge in [0.25, 0.3) is 0 Å². The molecule has 2 aromatic carbocycles. The molecular weight excluding hydrogens is 246 g/mol. The van der Waals surface area contributed by atoms with Crippen molar-refractivity contribution in [1.82, 2.24) is 9.78 Å². The van der Waals surface area contributed by atoms with Crippen LogP contribution in [0.25, 0.3) is 22.0 Å². The van der Waals surface area contributed by atoms with E-state index >= 15 is 0 Å². The molecule has 0 aliphatic carbocycles. The number of nitrogens with zero attached hydrogens (tertiary/aromatic N) is 3. The Morgan fingerprint density at radius 3 is 2.50 bits per heavy atom. The number of aryl methyl sites for hydroxylation is 1. The first-order valence-corrected chi connectivity index (χ1v) is 6.61. The van der Waals surface area contributed by atoms with Gasteiger partial charge in [-0.2, -0.15) is 10.4 Å². The summed E-state index contributed by atoms with van der Waals surface area (Å²) in [5.74, 6) is -0.0673. The zero-order valence-corrected chi connectivity index (χ0v) is 11.5. The maximum Gasteiger partial charge on any atom is 0.0929 e. The Hall–Kier alpha value is -2.60. The molecule has 0 saturated carbocycles. The smallest absolute Gasteiger partial charge is 0.0929 e. The first-order valence-electron chi connectivity index (χ1n) is 6.61. The zero-order valence-electron chi connectivity index (χ0n) is 11.5. The fraction of sp³-hybridized carbons (Fsp3) is 0.176. The van der Waals surface area contributed by atoms with Gasteiger partial charge in [-0.1, -0.05) is 36.4 Å². The lowest BCUT2D eigenvalue weighted by molar-refractivity contribution is 0.780. The van der Waals surface area contributed by atoms with E-state index in [0.29, 0.717) is 0 Å². The molecule has 3 aromatic rings. The molecule has 1 atom stereocenters. The molecule has 3 heteroatoms. The molecule has 0 bridgehead atoms. The van der Waals surface area contributed by atoms with Crippen LogP contribution < -0.4 is 0 Å². The highest BCUT2D eigenvalue weighted by molar-refractivity contribution is 5.83. The molecule has 1 unspecified atom stereocenters. The van der Waals surface area contributed by atoms with Crippen LogP contribution in [0.4, 0.5) is 0 Å². The minimum absolute atomic E-state index is 0.0673. The number of fused-ring (bicyclic) bond motifs is 1. The SMILES string of the molecule is CC(C#N)c1ccc(-c2ccc3cn(C)nc3c2)cc1. The molecule has 0 saturated heterocycles. The van der Waals surface area contributed by atoms with Gasteiger partial charge in [-0.05, 0) is 29.7 Å². The van der Waals surface area contributed by atoms with Gasteiger partial charge in [0, 0.05) is 18.6 Å². The van der Waals surface area contributed by atoms with Crippen LogP contribution in [0.2, 0.25) is 0 Å². The quantitative estimate of drug-likeness (QED) is 0.702. The fourth-order valence-electron chi connectivity index (χ4n) is 2.36. The van der Waals surface area contributed by atoms with Crippen LogP contribution in [-0.2, 0) is 7.05 Å². The van der Waals surface area contributed by atoms with Gasteiger partial charge in [-0.3, -0.25) is 4.68 Å². The molecular formula is C17H15N3. The number of hydrogen-bond donors (Lipinski definition) is 0. The Morgan fingerprint density at radius 2 is 1.80 bits per heavy atom. The topological polar surface area (TPSA) is 41.6 Å². The molecule has 1 aromatic heterocycles. The Balaban J connectivity index is 2.00. The van der Waals surface area contributed by atoms with E-state index in [2.05, 4.69) is 41.5 Å². The van der Waals surface area contributed by atoms with E-state index in [1.54, 1.807) is 0 Å². The van der Waals surface area contributed by atoms with Crippen LogP contribution in [0.3, 0.4) is 0 Å². The van der Waals surface area contributed by atoms with Gasteiger partial charge in [-0.15, -0.1) is 0 Å². The van der Waals surface area contributed by atoms with Crippen LogP contribution in [0.5, 0.6) is 0 Å². The third-order valence-corrected chi connectivity index (χ3v) is 3.56. The second kappa shape index (κ2) is 4.82.